The summed E-state index contributed by atoms with van der Waals surface area (Å²) in [5.74, 6) is -0.111. The number of nitrogens with two attached hydrogens (primary N) is 1. The van der Waals surface area contributed by atoms with Crippen molar-refractivity contribution < 1.29 is 4.79 Å². The maximum atomic E-state index is 12.7. The first-order valence-corrected chi connectivity index (χ1v) is 9.16. The molecule has 27 heavy (non-hydrogen) atoms. The van der Waals surface area contributed by atoms with Crippen LogP contribution in [0.1, 0.15) is 21.3 Å². The number of hydrogen-bond donors (Lipinski definition) is 3. The summed E-state index contributed by atoms with van der Waals surface area (Å²) in [6.07, 6.45) is 3.64. The van der Waals surface area contributed by atoms with Crippen LogP contribution in [0.15, 0.2) is 67.0 Å². The molecule has 0 aliphatic carbocycles. The van der Waals surface area contributed by atoms with Crippen LogP contribution in [0.2, 0.25) is 0 Å². The molecule has 4 rings (SSSR count). The molecule has 0 fully saturated rings. The fourth-order valence-electron chi connectivity index (χ4n) is 2.97. The van der Waals surface area contributed by atoms with Gasteiger partial charge >= 0.3 is 0 Å². The van der Waals surface area contributed by atoms with Crippen LogP contribution >= 0.6 is 23.7 Å². The van der Waals surface area contributed by atoms with Crippen molar-refractivity contribution in [3.05, 3.63) is 77.4 Å². The number of benzene rings is 1. The quantitative estimate of drug-likeness (QED) is 0.472. The summed E-state index contributed by atoms with van der Waals surface area (Å²) >= 11 is 1.47. The van der Waals surface area contributed by atoms with Gasteiger partial charge < -0.3 is 16.0 Å². The first-order valence-electron chi connectivity index (χ1n) is 8.34. The molecule has 0 spiro atoms. The first kappa shape index (κ1) is 19.1. The average Bonchev–Trinajstić information content (AvgIpc) is 3.35. The number of aromatic amines is 1. The van der Waals surface area contributed by atoms with Gasteiger partial charge in [-0.2, -0.15) is 0 Å². The molecule has 1 aromatic carbocycles. The zero-order valence-corrected chi connectivity index (χ0v) is 16.0. The lowest BCUT2D eigenvalue weighted by atomic mass is 10.1. The zero-order chi connectivity index (χ0) is 17.9. The van der Waals surface area contributed by atoms with Gasteiger partial charge in [0.2, 0.25) is 0 Å². The third-order valence-electron chi connectivity index (χ3n) is 4.30. The van der Waals surface area contributed by atoms with Crippen LogP contribution in [0.25, 0.3) is 21.5 Å². The first-order chi connectivity index (χ1) is 12.8. The van der Waals surface area contributed by atoms with E-state index in [1.54, 1.807) is 6.20 Å². The van der Waals surface area contributed by atoms with Gasteiger partial charge in [0.25, 0.3) is 5.91 Å². The Hall–Kier alpha value is -2.67. The standard InChI is InChI=1S/C20H18N4OS.ClH/c21-12-16(13-4-2-1-3-5-13)24-20(25)18-7-6-17(26-18)14-8-10-22-19-15(14)9-11-23-19;/h1-11,16H,12,21H2,(H,22,23)(H,24,25);1H/t16-;/m1./s1. The van der Waals surface area contributed by atoms with E-state index in [1.807, 2.05) is 60.8 Å². The summed E-state index contributed by atoms with van der Waals surface area (Å²) in [4.78, 5) is 21.8. The number of carbonyl (C=O) groups is 1. The Morgan fingerprint density at radius 1 is 1.15 bits per heavy atom. The van der Waals surface area contributed by atoms with Gasteiger partial charge in [0, 0.05) is 34.8 Å². The summed E-state index contributed by atoms with van der Waals surface area (Å²) in [5.41, 5.74) is 8.77. The highest BCUT2D eigenvalue weighted by molar-refractivity contribution is 7.17. The van der Waals surface area contributed by atoms with Crippen molar-refractivity contribution in [3.63, 3.8) is 0 Å². The molecule has 0 aliphatic heterocycles. The number of nitrogens with zero attached hydrogens (tertiary/aromatic N) is 1. The number of amides is 1. The van der Waals surface area contributed by atoms with Gasteiger partial charge in [0.1, 0.15) is 5.65 Å². The van der Waals surface area contributed by atoms with Gasteiger partial charge in [0.05, 0.1) is 10.9 Å². The van der Waals surface area contributed by atoms with Crippen LogP contribution in [-0.4, -0.2) is 22.4 Å². The van der Waals surface area contributed by atoms with Crippen molar-refractivity contribution in [2.45, 2.75) is 6.04 Å². The molecule has 5 nitrogen and oxygen atoms in total. The molecule has 1 amide bonds. The molecule has 1 atom stereocenters. The van der Waals surface area contributed by atoms with Crippen molar-refractivity contribution >= 4 is 40.7 Å². The number of halogens is 1. The molecule has 7 heteroatoms. The van der Waals surface area contributed by atoms with Gasteiger partial charge in [0.15, 0.2) is 0 Å². The molecule has 3 heterocycles. The SMILES string of the molecule is Cl.NC[C@@H](NC(=O)c1ccc(-c2ccnc3[nH]ccc23)s1)c1ccccc1. The highest BCUT2D eigenvalue weighted by Crippen LogP contribution is 2.32. The van der Waals surface area contributed by atoms with Crippen LogP contribution in [0.3, 0.4) is 0 Å². The molecule has 3 aromatic heterocycles. The fourth-order valence-corrected chi connectivity index (χ4v) is 3.92. The zero-order valence-electron chi connectivity index (χ0n) is 14.4. The minimum Gasteiger partial charge on any atom is -0.346 e. The Bertz CT molecular complexity index is 1040. The maximum Gasteiger partial charge on any atom is 0.261 e. The number of hydrogen-bond acceptors (Lipinski definition) is 4. The Morgan fingerprint density at radius 2 is 1.96 bits per heavy atom. The molecule has 0 bridgehead atoms. The molecule has 0 unspecified atom stereocenters. The second-order valence-corrected chi connectivity index (χ2v) is 7.02. The van der Waals surface area contributed by atoms with Crippen molar-refractivity contribution in [1.82, 2.24) is 15.3 Å². The molecular formula is C20H19ClN4OS. The van der Waals surface area contributed by atoms with Gasteiger partial charge in [-0.05, 0) is 29.8 Å². The van der Waals surface area contributed by atoms with E-state index in [1.165, 1.54) is 11.3 Å². The summed E-state index contributed by atoms with van der Waals surface area (Å²) in [5, 5.41) is 4.07. The second kappa shape index (κ2) is 8.35. The minimum absolute atomic E-state index is 0. The van der Waals surface area contributed by atoms with Crippen LogP contribution in [-0.2, 0) is 0 Å². The number of nitrogens with one attached hydrogen (secondary N) is 2. The van der Waals surface area contributed by atoms with E-state index in [4.69, 9.17) is 5.73 Å². The number of thiophene rings is 1. The lowest BCUT2D eigenvalue weighted by Crippen LogP contribution is -2.32. The smallest absolute Gasteiger partial charge is 0.261 e. The third-order valence-corrected chi connectivity index (χ3v) is 5.42. The Balaban J connectivity index is 0.00000210. The van der Waals surface area contributed by atoms with Crippen LogP contribution in [0.5, 0.6) is 0 Å². The van der Waals surface area contributed by atoms with Crippen molar-refractivity contribution in [2.75, 3.05) is 6.54 Å². The molecule has 138 valence electrons. The number of H-pyrrole nitrogens is 1. The molecule has 0 saturated heterocycles. The van der Waals surface area contributed by atoms with Crippen LogP contribution < -0.4 is 11.1 Å². The summed E-state index contributed by atoms with van der Waals surface area (Å²) in [6.45, 7) is 0.350. The van der Waals surface area contributed by atoms with Crippen molar-refractivity contribution in [3.8, 4) is 10.4 Å². The van der Waals surface area contributed by atoms with E-state index < -0.39 is 0 Å². The molecule has 0 aliphatic rings. The number of fused-ring (bicyclic) bond motifs is 1. The number of pyridine rings is 1. The normalized spacial score (nSPS) is 11.7. The maximum absolute atomic E-state index is 12.7. The minimum atomic E-state index is -0.202. The van der Waals surface area contributed by atoms with E-state index in [0.717, 1.165) is 27.0 Å². The lowest BCUT2D eigenvalue weighted by Gasteiger charge is -2.16. The van der Waals surface area contributed by atoms with Crippen LogP contribution in [0.4, 0.5) is 0 Å². The molecule has 4 N–H and O–H groups in total. The van der Waals surface area contributed by atoms with Gasteiger partial charge in [-0.3, -0.25) is 4.79 Å². The Labute approximate surface area is 167 Å². The topological polar surface area (TPSA) is 83.8 Å². The number of rotatable bonds is 5. The largest absolute Gasteiger partial charge is 0.346 e. The molecule has 0 saturated carbocycles. The molecule has 0 radical (unpaired) electrons. The van der Waals surface area contributed by atoms with E-state index >= 15 is 0 Å². The highest BCUT2D eigenvalue weighted by atomic mass is 35.5. The fraction of sp³-hybridized carbons (Fsp3) is 0.100. The highest BCUT2D eigenvalue weighted by Gasteiger charge is 2.17. The van der Waals surface area contributed by atoms with Gasteiger partial charge in [-0.15, -0.1) is 23.7 Å². The van der Waals surface area contributed by atoms with E-state index in [9.17, 15) is 4.79 Å². The van der Waals surface area contributed by atoms with Gasteiger partial charge in [-0.1, -0.05) is 30.3 Å². The van der Waals surface area contributed by atoms with E-state index in [2.05, 4.69) is 15.3 Å². The summed E-state index contributed by atoms with van der Waals surface area (Å²) < 4.78 is 0. The lowest BCUT2D eigenvalue weighted by molar-refractivity contribution is 0.0942. The van der Waals surface area contributed by atoms with E-state index in [0.29, 0.717) is 11.4 Å². The van der Waals surface area contributed by atoms with Crippen LogP contribution in [0, 0.1) is 0 Å². The molecular weight excluding hydrogens is 380 g/mol. The van der Waals surface area contributed by atoms with Crippen molar-refractivity contribution in [2.24, 2.45) is 5.73 Å². The third kappa shape index (κ3) is 3.88. The van der Waals surface area contributed by atoms with Crippen molar-refractivity contribution in [1.29, 1.82) is 0 Å². The average molecular weight is 399 g/mol. The summed E-state index contributed by atoms with van der Waals surface area (Å²) in [7, 11) is 0. The Kier molecular flexibility index (Phi) is 5.91. The monoisotopic (exact) mass is 398 g/mol. The Morgan fingerprint density at radius 3 is 2.74 bits per heavy atom. The predicted molar refractivity (Wildman–Crippen MR) is 112 cm³/mol. The van der Waals surface area contributed by atoms with E-state index in [-0.39, 0.29) is 24.4 Å². The summed E-state index contributed by atoms with van der Waals surface area (Å²) in [6, 6.07) is 17.4. The number of aromatic nitrogens is 2. The second-order valence-electron chi connectivity index (χ2n) is 5.93. The molecule has 4 aromatic rings. The number of carbonyl (C=O) groups excluding carboxylic acids is 1. The predicted octanol–water partition coefficient (Wildman–Crippen LogP) is 4.14. The van der Waals surface area contributed by atoms with Gasteiger partial charge in [-0.25, -0.2) is 4.98 Å².